The molecule has 1 amide bonds. The van der Waals surface area contributed by atoms with Crippen molar-refractivity contribution in [1.82, 2.24) is 10.2 Å². The number of carboxylic acid groups (broad SMARTS) is 2. The molecule has 0 spiro atoms. The van der Waals surface area contributed by atoms with Gasteiger partial charge >= 0.3 is 11.9 Å². The van der Waals surface area contributed by atoms with Crippen LogP contribution in [0.2, 0.25) is 0 Å². The van der Waals surface area contributed by atoms with Crippen molar-refractivity contribution in [2.24, 2.45) is 0 Å². The summed E-state index contributed by atoms with van der Waals surface area (Å²) in [5, 5.41) is 47.4. The Hall–Kier alpha value is -4.75. The Morgan fingerprint density at radius 3 is 2.18 bits per heavy atom. The highest BCUT2D eigenvalue weighted by Gasteiger charge is 2.39. The lowest BCUT2D eigenvalue weighted by Gasteiger charge is -2.37. The smallest absolute Gasteiger partial charge is 0.334 e. The van der Waals surface area contributed by atoms with E-state index in [-0.39, 0.29) is 71.7 Å². The van der Waals surface area contributed by atoms with E-state index in [4.69, 9.17) is 4.74 Å². The first kappa shape index (κ1) is 33.7. The van der Waals surface area contributed by atoms with E-state index in [1.807, 2.05) is 13.8 Å². The van der Waals surface area contributed by atoms with Crippen LogP contribution in [0.1, 0.15) is 52.0 Å². The predicted octanol–water partition coefficient (Wildman–Crippen LogP) is 3.87. The van der Waals surface area contributed by atoms with Crippen molar-refractivity contribution in [3.8, 4) is 5.75 Å². The van der Waals surface area contributed by atoms with Crippen LogP contribution in [0.25, 0.3) is 0 Å². The van der Waals surface area contributed by atoms with Gasteiger partial charge in [0.05, 0.1) is 22.0 Å². The second-order valence-electron chi connectivity index (χ2n) is 10.7. The zero-order valence-electron chi connectivity index (χ0n) is 25.1. The van der Waals surface area contributed by atoms with Crippen molar-refractivity contribution in [1.29, 1.82) is 0 Å². The van der Waals surface area contributed by atoms with Gasteiger partial charge in [0.1, 0.15) is 18.5 Å². The Balaban J connectivity index is 1.67. The molecule has 2 aromatic carbocycles. The number of carbonyl (C=O) groups is 3. The van der Waals surface area contributed by atoms with E-state index >= 15 is 0 Å². The van der Waals surface area contributed by atoms with E-state index < -0.39 is 28.9 Å². The average molecular weight is 611 g/mol. The second-order valence-corrected chi connectivity index (χ2v) is 10.7. The number of aliphatic hydroxyl groups is 1. The van der Waals surface area contributed by atoms with E-state index in [2.05, 4.69) is 10.6 Å². The number of carboxylic acids is 2. The Kier molecular flexibility index (Phi) is 11.6. The molecule has 13 nitrogen and oxygen atoms in total. The van der Waals surface area contributed by atoms with Crippen molar-refractivity contribution < 1.29 is 39.4 Å². The molecule has 44 heavy (non-hydrogen) atoms. The maximum Gasteiger partial charge on any atom is 0.334 e. The fourth-order valence-corrected chi connectivity index (χ4v) is 5.03. The number of anilines is 1. The molecule has 1 heterocycles. The van der Waals surface area contributed by atoms with Crippen molar-refractivity contribution in [2.45, 2.75) is 58.6 Å². The molecule has 1 aliphatic rings. The van der Waals surface area contributed by atoms with Crippen LogP contribution in [0.4, 0.5) is 11.4 Å². The fourth-order valence-electron chi connectivity index (χ4n) is 5.03. The highest BCUT2D eigenvalue weighted by Crippen LogP contribution is 2.42. The van der Waals surface area contributed by atoms with E-state index in [0.717, 1.165) is 0 Å². The number of ether oxygens (including phenoxy) is 1. The van der Waals surface area contributed by atoms with Crippen LogP contribution in [0.5, 0.6) is 5.75 Å². The number of rotatable bonds is 15. The number of benzene rings is 2. The molecule has 1 aliphatic heterocycles. The third-order valence-corrected chi connectivity index (χ3v) is 7.17. The van der Waals surface area contributed by atoms with Crippen molar-refractivity contribution >= 4 is 29.2 Å². The molecule has 1 unspecified atom stereocenters. The van der Waals surface area contributed by atoms with E-state index in [9.17, 15) is 39.8 Å². The summed E-state index contributed by atoms with van der Waals surface area (Å²) in [4.78, 5) is 49.7. The summed E-state index contributed by atoms with van der Waals surface area (Å²) < 4.78 is 5.58. The van der Waals surface area contributed by atoms with Crippen LogP contribution in [0, 0.1) is 10.1 Å². The van der Waals surface area contributed by atoms with Crippen molar-refractivity contribution in [3.63, 3.8) is 0 Å². The number of nitrogens with one attached hydrogen (secondary N) is 2. The summed E-state index contributed by atoms with van der Waals surface area (Å²) in [6, 6.07) is 12.2. The number of nitrogens with zero attached hydrogens (tertiary/aromatic N) is 2. The topological polar surface area (TPSA) is 192 Å². The Bertz CT molecular complexity index is 1410. The molecule has 3 rings (SSSR count). The molecule has 0 saturated heterocycles. The second kappa shape index (κ2) is 15.1. The number of hydrogen-bond donors (Lipinski definition) is 5. The maximum absolute atomic E-state index is 12.6. The van der Waals surface area contributed by atoms with E-state index in [0.29, 0.717) is 18.0 Å². The molecule has 0 radical (unpaired) electrons. The van der Waals surface area contributed by atoms with Gasteiger partial charge in [0, 0.05) is 54.8 Å². The van der Waals surface area contributed by atoms with Gasteiger partial charge in [-0.1, -0.05) is 26.0 Å². The highest BCUT2D eigenvalue weighted by atomic mass is 16.6. The number of carbonyl (C=O) groups excluding carboxylic acids is 1. The summed E-state index contributed by atoms with van der Waals surface area (Å²) in [5.41, 5.74) is 0.609. The first-order valence-electron chi connectivity index (χ1n) is 14.1. The molecule has 0 fully saturated rings. The van der Waals surface area contributed by atoms with Gasteiger partial charge < -0.3 is 35.6 Å². The first-order chi connectivity index (χ1) is 20.8. The van der Waals surface area contributed by atoms with Crippen LogP contribution in [0.15, 0.2) is 71.1 Å². The number of aliphatic carboxylic acids is 2. The summed E-state index contributed by atoms with van der Waals surface area (Å²) >= 11 is 0. The quantitative estimate of drug-likeness (QED) is 0.145. The molecule has 0 aromatic heterocycles. The van der Waals surface area contributed by atoms with E-state index in [1.54, 1.807) is 43.0 Å². The SMILES string of the molecule is CC1=C(C(=O)O)C(c2cccc([N+](=O)[O-])c2)C(C(=O)O)=C(C)N1CCCC(=O)Nc1ccc(OCC(O)CNC(C)C)cc1. The summed E-state index contributed by atoms with van der Waals surface area (Å²) in [6.07, 6.45) is -0.313. The first-order valence-corrected chi connectivity index (χ1v) is 14.1. The van der Waals surface area contributed by atoms with Crippen LogP contribution in [-0.2, 0) is 14.4 Å². The van der Waals surface area contributed by atoms with Gasteiger partial charge in [-0.2, -0.15) is 0 Å². The zero-order chi connectivity index (χ0) is 32.6. The van der Waals surface area contributed by atoms with E-state index in [1.165, 1.54) is 24.3 Å². The molecule has 236 valence electrons. The van der Waals surface area contributed by atoms with Gasteiger partial charge in [-0.25, -0.2) is 9.59 Å². The van der Waals surface area contributed by atoms with Crippen LogP contribution in [-0.4, -0.2) is 74.8 Å². The monoisotopic (exact) mass is 610 g/mol. The molecular formula is C31H38N4O9. The molecule has 0 saturated carbocycles. The lowest BCUT2D eigenvalue weighted by Crippen LogP contribution is -2.35. The number of hydrogen-bond acceptors (Lipinski definition) is 9. The average Bonchev–Trinajstić information content (AvgIpc) is 2.96. The molecule has 0 aliphatic carbocycles. The minimum absolute atomic E-state index is 0.0729. The predicted molar refractivity (Wildman–Crippen MR) is 162 cm³/mol. The summed E-state index contributed by atoms with van der Waals surface area (Å²) in [6.45, 7) is 7.76. The summed E-state index contributed by atoms with van der Waals surface area (Å²) in [5.74, 6) is -3.67. The number of nitro groups is 1. The number of non-ortho nitro benzene ring substituents is 1. The summed E-state index contributed by atoms with van der Waals surface area (Å²) in [7, 11) is 0. The minimum atomic E-state index is -1.35. The van der Waals surface area contributed by atoms with Crippen molar-refractivity contribution in [2.75, 3.05) is 25.0 Å². The van der Waals surface area contributed by atoms with Crippen molar-refractivity contribution in [3.05, 3.63) is 86.7 Å². The molecule has 0 bridgehead atoms. The van der Waals surface area contributed by atoms with Gasteiger partial charge in [0.15, 0.2) is 0 Å². The van der Waals surface area contributed by atoms with Gasteiger partial charge in [-0.3, -0.25) is 14.9 Å². The molecule has 13 heteroatoms. The molecular weight excluding hydrogens is 572 g/mol. The number of allylic oxidation sites excluding steroid dienone is 2. The maximum atomic E-state index is 12.6. The Labute approximate surface area is 255 Å². The normalized spacial score (nSPS) is 14.5. The molecule has 1 atom stereocenters. The lowest BCUT2D eigenvalue weighted by atomic mass is 9.79. The Morgan fingerprint density at radius 1 is 1.02 bits per heavy atom. The fraction of sp³-hybridized carbons (Fsp3) is 0.387. The Morgan fingerprint density at radius 2 is 1.64 bits per heavy atom. The highest BCUT2D eigenvalue weighted by molar-refractivity contribution is 5.98. The number of aliphatic hydroxyl groups excluding tert-OH is 1. The van der Waals surface area contributed by atoms with Gasteiger partial charge in [-0.15, -0.1) is 0 Å². The van der Waals surface area contributed by atoms with Crippen LogP contribution < -0.4 is 15.4 Å². The largest absolute Gasteiger partial charge is 0.491 e. The van der Waals surface area contributed by atoms with Crippen LogP contribution >= 0.6 is 0 Å². The van der Waals surface area contributed by atoms with Gasteiger partial charge in [0.2, 0.25) is 5.91 Å². The lowest BCUT2D eigenvalue weighted by molar-refractivity contribution is -0.384. The van der Waals surface area contributed by atoms with Crippen LogP contribution in [0.3, 0.4) is 0 Å². The van der Waals surface area contributed by atoms with Gasteiger partial charge in [-0.05, 0) is 50.1 Å². The third kappa shape index (κ3) is 8.64. The minimum Gasteiger partial charge on any atom is -0.491 e. The third-order valence-electron chi connectivity index (χ3n) is 7.17. The molecule has 2 aromatic rings. The van der Waals surface area contributed by atoms with Gasteiger partial charge in [0.25, 0.3) is 5.69 Å². The zero-order valence-corrected chi connectivity index (χ0v) is 25.1. The molecule has 5 N–H and O–H groups in total. The number of nitro benzene ring substituents is 1. The standard InChI is InChI=1S/C31H38N4O9/c1-18(2)32-16-24(36)17-44-25-12-10-22(11-13-25)33-26(37)9-6-14-34-19(3)27(30(38)39)29(28(20(34)4)31(40)41)21-7-5-8-23(15-21)35(42)43/h5,7-8,10-13,15,18,24,29,32,36H,6,9,14,16-17H2,1-4H3,(H,33,37)(H,38,39)(H,40,41). The number of amides is 1.